The van der Waals surface area contributed by atoms with Crippen molar-refractivity contribution in [2.45, 2.75) is 25.9 Å². The largest absolute Gasteiger partial charge is 0.493 e. The van der Waals surface area contributed by atoms with Crippen LogP contribution in [0.4, 0.5) is 0 Å². The number of hydrogen-bond acceptors (Lipinski definition) is 3. The van der Waals surface area contributed by atoms with Gasteiger partial charge in [0.2, 0.25) is 0 Å². The van der Waals surface area contributed by atoms with E-state index in [0.717, 1.165) is 11.3 Å². The average molecular weight is 224 g/mol. The van der Waals surface area contributed by atoms with Gasteiger partial charge in [0.05, 0.1) is 19.1 Å². The minimum Gasteiger partial charge on any atom is -0.493 e. The molecule has 0 bridgehead atoms. The summed E-state index contributed by atoms with van der Waals surface area (Å²) in [7, 11) is 0. The van der Waals surface area contributed by atoms with Gasteiger partial charge in [-0.2, -0.15) is 0 Å². The van der Waals surface area contributed by atoms with Gasteiger partial charge in [-0.25, -0.2) is 0 Å². The summed E-state index contributed by atoms with van der Waals surface area (Å²) in [4.78, 5) is 10.3. The van der Waals surface area contributed by atoms with Crippen LogP contribution >= 0.6 is 0 Å². The molecule has 1 unspecified atom stereocenters. The molecule has 0 amide bonds. The number of carboxylic acids is 1. The highest BCUT2D eigenvalue weighted by Crippen LogP contribution is 2.12. The molecule has 0 saturated carbocycles. The quantitative estimate of drug-likeness (QED) is 0.770. The van der Waals surface area contributed by atoms with E-state index in [9.17, 15) is 9.90 Å². The normalized spacial score (nSPS) is 12.1. The maximum absolute atomic E-state index is 10.3. The molecule has 16 heavy (non-hydrogen) atoms. The molecule has 1 atom stereocenters. The first-order chi connectivity index (χ1) is 7.58. The first-order valence-corrected chi connectivity index (χ1v) is 5.17. The summed E-state index contributed by atoms with van der Waals surface area (Å²) in [6.45, 7) is 2.28. The predicted molar refractivity (Wildman–Crippen MR) is 59.6 cm³/mol. The smallest absolute Gasteiger partial charge is 0.305 e. The maximum atomic E-state index is 10.3. The molecule has 4 nitrogen and oxygen atoms in total. The van der Waals surface area contributed by atoms with E-state index < -0.39 is 12.1 Å². The summed E-state index contributed by atoms with van der Waals surface area (Å²) in [5, 5.41) is 17.7. The summed E-state index contributed by atoms with van der Waals surface area (Å²) < 4.78 is 5.39. The van der Waals surface area contributed by atoms with Crippen molar-refractivity contribution in [1.82, 2.24) is 0 Å². The highest BCUT2D eigenvalue weighted by atomic mass is 16.5. The van der Waals surface area contributed by atoms with Gasteiger partial charge in [0, 0.05) is 6.42 Å². The Kier molecular flexibility index (Phi) is 4.79. The molecule has 2 N–H and O–H groups in total. The number of hydrogen-bond donors (Lipinski definition) is 2. The standard InChI is InChI=1S/C12H16O4/c1-9-3-2-4-11(7-9)16-6-5-10(13)8-12(14)15/h2-4,7,10,13H,5-6,8H2,1H3,(H,14,15). The fourth-order valence-electron chi connectivity index (χ4n) is 1.32. The Hall–Kier alpha value is -1.55. The molecule has 1 aromatic rings. The zero-order valence-electron chi connectivity index (χ0n) is 9.22. The van der Waals surface area contributed by atoms with Gasteiger partial charge in [0.25, 0.3) is 0 Å². The van der Waals surface area contributed by atoms with Crippen LogP contribution < -0.4 is 4.74 Å². The summed E-state index contributed by atoms with van der Waals surface area (Å²) in [6, 6.07) is 7.57. The van der Waals surface area contributed by atoms with Crippen molar-refractivity contribution in [3.05, 3.63) is 29.8 Å². The summed E-state index contributed by atoms with van der Waals surface area (Å²) >= 11 is 0. The van der Waals surface area contributed by atoms with Crippen molar-refractivity contribution in [3.8, 4) is 5.75 Å². The molecule has 0 radical (unpaired) electrons. The maximum Gasteiger partial charge on any atom is 0.305 e. The molecule has 0 aliphatic rings. The Morgan fingerprint density at radius 2 is 2.25 bits per heavy atom. The van der Waals surface area contributed by atoms with E-state index in [1.165, 1.54) is 0 Å². The van der Waals surface area contributed by atoms with Crippen molar-refractivity contribution in [3.63, 3.8) is 0 Å². The number of aryl methyl sites for hydroxylation is 1. The molecule has 0 saturated heterocycles. The lowest BCUT2D eigenvalue weighted by Gasteiger charge is -2.09. The molecular formula is C12H16O4. The van der Waals surface area contributed by atoms with Crippen LogP contribution in [0.1, 0.15) is 18.4 Å². The number of aliphatic hydroxyl groups is 1. The SMILES string of the molecule is Cc1cccc(OCCC(O)CC(=O)O)c1. The average Bonchev–Trinajstić information content (AvgIpc) is 2.16. The second-order valence-electron chi connectivity index (χ2n) is 3.71. The third kappa shape index (κ3) is 4.79. The molecule has 0 aliphatic heterocycles. The summed E-state index contributed by atoms with van der Waals surface area (Å²) in [5.41, 5.74) is 1.10. The summed E-state index contributed by atoms with van der Waals surface area (Å²) in [5.74, 6) is -0.259. The monoisotopic (exact) mass is 224 g/mol. The van der Waals surface area contributed by atoms with E-state index in [0.29, 0.717) is 13.0 Å². The van der Waals surface area contributed by atoms with Crippen molar-refractivity contribution < 1.29 is 19.7 Å². The van der Waals surface area contributed by atoms with Crippen LogP contribution in [0.5, 0.6) is 5.75 Å². The Labute approximate surface area is 94.5 Å². The number of carbonyl (C=O) groups is 1. The van der Waals surface area contributed by atoms with Crippen LogP contribution in [0.2, 0.25) is 0 Å². The lowest BCUT2D eigenvalue weighted by molar-refractivity contribution is -0.139. The lowest BCUT2D eigenvalue weighted by atomic mass is 10.2. The first kappa shape index (κ1) is 12.5. The number of ether oxygens (including phenoxy) is 1. The minimum atomic E-state index is -0.997. The van der Waals surface area contributed by atoms with E-state index in [2.05, 4.69) is 0 Å². The van der Waals surface area contributed by atoms with Gasteiger partial charge in [-0.15, -0.1) is 0 Å². The van der Waals surface area contributed by atoms with Crippen LogP contribution in [0.15, 0.2) is 24.3 Å². The zero-order valence-corrected chi connectivity index (χ0v) is 9.22. The Morgan fingerprint density at radius 1 is 1.50 bits per heavy atom. The molecule has 0 aliphatic carbocycles. The zero-order chi connectivity index (χ0) is 12.0. The van der Waals surface area contributed by atoms with E-state index in [1.54, 1.807) is 0 Å². The first-order valence-electron chi connectivity index (χ1n) is 5.17. The van der Waals surface area contributed by atoms with Crippen molar-refractivity contribution in [1.29, 1.82) is 0 Å². The van der Waals surface area contributed by atoms with Crippen LogP contribution in [0, 0.1) is 6.92 Å². The molecule has 88 valence electrons. The van der Waals surface area contributed by atoms with E-state index >= 15 is 0 Å². The van der Waals surface area contributed by atoms with Gasteiger partial charge >= 0.3 is 5.97 Å². The van der Waals surface area contributed by atoms with Crippen LogP contribution in [0.25, 0.3) is 0 Å². The highest BCUT2D eigenvalue weighted by Gasteiger charge is 2.09. The molecule has 0 spiro atoms. The van der Waals surface area contributed by atoms with Crippen LogP contribution in [-0.2, 0) is 4.79 Å². The second-order valence-corrected chi connectivity index (χ2v) is 3.71. The molecule has 1 aromatic carbocycles. The molecular weight excluding hydrogens is 208 g/mol. The Bertz CT molecular complexity index is 349. The van der Waals surface area contributed by atoms with Gasteiger partial charge in [-0.1, -0.05) is 12.1 Å². The fourth-order valence-corrected chi connectivity index (χ4v) is 1.32. The van der Waals surface area contributed by atoms with Crippen LogP contribution in [0.3, 0.4) is 0 Å². The highest BCUT2D eigenvalue weighted by molar-refractivity contribution is 5.67. The summed E-state index contributed by atoms with van der Waals surface area (Å²) in [6.07, 6.45) is -0.764. The Balaban J connectivity index is 2.27. The minimum absolute atomic E-state index is 0.239. The molecule has 0 heterocycles. The number of rotatable bonds is 6. The number of aliphatic carboxylic acids is 1. The topological polar surface area (TPSA) is 66.8 Å². The van der Waals surface area contributed by atoms with Crippen molar-refractivity contribution in [2.24, 2.45) is 0 Å². The van der Waals surface area contributed by atoms with Gasteiger partial charge in [-0.05, 0) is 24.6 Å². The van der Waals surface area contributed by atoms with Gasteiger partial charge in [0.1, 0.15) is 5.75 Å². The number of aliphatic hydroxyl groups excluding tert-OH is 1. The van der Waals surface area contributed by atoms with E-state index in [1.807, 2.05) is 31.2 Å². The number of benzene rings is 1. The Morgan fingerprint density at radius 3 is 2.88 bits per heavy atom. The van der Waals surface area contributed by atoms with Gasteiger partial charge < -0.3 is 14.9 Å². The molecule has 1 rings (SSSR count). The number of carboxylic acid groups (broad SMARTS) is 1. The predicted octanol–water partition coefficient (Wildman–Crippen LogP) is 1.60. The lowest BCUT2D eigenvalue weighted by Crippen LogP contribution is -2.16. The fraction of sp³-hybridized carbons (Fsp3) is 0.417. The molecule has 4 heteroatoms. The van der Waals surface area contributed by atoms with Crippen LogP contribution in [-0.4, -0.2) is 28.9 Å². The van der Waals surface area contributed by atoms with Crippen molar-refractivity contribution >= 4 is 5.97 Å². The van der Waals surface area contributed by atoms with E-state index in [-0.39, 0.29) is 6.42 Å². The van der Waals surface area contributed by atoms with Gasteiger partial charge in [0.15, 0.2) is 0 Å². The van der Waals surface area contributed by atoms with E-state index in [4.69, 9.17) is 9.84 Å². The van der Waals surface area contributed by atoms with Gasteiger partial charge in [-0.3, -0.25) is 4.79 Å². The molecule has 0 aromatic heterocycles. The molecule has 0 fully saturated rings. The third-order valence-corrected chi connectivity index (χ3v) is 2.12. The second kappa shape index (κ2) is 6.12. The van der Waals surface area contributed by atoms with Crippen molar-refractivity contribution in [2.75, 3.05) is 6.61 Å². The third-order valence-electron chi connectivity index (χ3n) is 2.12.